The molecule has 0 aliphatic carbocycles. The van der Waals surface area contributed by atoms with Crippen molar-refractivity contribution in [3.8, 4) is 11.4 Å². The third-order valence-corrected chi connectivity index (χ3v) is 6.13. The Balaban J connectivity index is 0.00000150. The maximum atomic E-state index is 12.4. The average Bonchev–Trinajstić information content (AvgIpc) is 3.13. The van der Waals surface area contributed by atoms with Gasteiger partial charge in [0.2, 0.25) is 5.91 Å². The van der Waals surface area contributed by atoms with Crippen molar-refractivity contribution >= 4 is 36.4 Å². The standard InChI is InChI=1S/C22H30N4O.2ClH/c1-16(17-9-11-23-12-10-17)14-21(27)25-19-7-5-18(6-8-19)22-24-15-20-4-2-3-13-26(20)22;;/h5-8,15-17,23H,2-4,9-14H2,1H3,(H,25,27);2*1H. The van der Waals surface area contributed by atoms with Gasteiger partial charge in [0, 0.05) is 36.1 Å². The average molecular weight is 439 g/mol. The van der Waals surface area contributed by atoms with Crippen LogP contribution in [0.2, 0.25) is 0 Å². The summed E-state index contributed by atoms with van der Waals surface area (Å²) in [4.78, 5) is 17.0. The first-order chi connectivity index (χ1) is 13.2. The molecule has 1 aromatic carbocycles. The van der Waals surface area contributed by atoms with Crippen molar-refractivity contribution in [2.24, 2.45) is 11.8 Å². The molecule has 1 aromatic heterocycles. The largest absolute Gasteiger partial charge is 0.328 e. The fraction of sp³-hybridized carbons (Fsp3) is 0.545. The Morgan fingerprint density at radius 1 is 1.21 bits per heavy atom. The number of anilines is 1. The first-order valence-corrected chi connectivity index (χ1v) is 10.4. The Morgan fingerprint density at radius 2 is 1.93 bits per heavy atom. The van der Waals surface area contributed by atoms with Gasteiger partial charge < -0.3 is 15.2 Å². The predicted molar refractivity (Wildman–Crippen MR) is 123 cm³/mol. The van der Waals surface area contributed by atoms with Crippen LogP contribution in [0.1, 0.15) is 44.7 Å². The molecule has 1 fully saturated rings. The summed E-state index contributed by atoms with van der Waals surface area (Å²) in [5.74, 6) is 2.25. The molecule has 7 heteroatoms. The molecule has 1 amide bonds. The van der Waals surface area contributed by atoms with E-state index in [4.69, 9.17) is 0 Å². The van der Waals surface area contributed by atoms with E-state index in [9.17, 15) is 4.79 Å². The zero-order chi connectivity index (χ0) is 18.6. The number of halogens is 2. The first kappa shape index (κ1) is 23.7. The fourth-order valence-corrected chi connectivity index (χ4v) is 4.45. The van der Waals surface area contributed by atoms with Crippen molar-refractivity contribution < 1.29 is 4.79 Å². The van der Waals surface area contributed by atoms with Gasteiger partial charge in [0.1, 0.15) is 5.82 Å². The Kier molecular flexibility index (Phi) is 9.00. The second-order valence-corrected chi connectivity index (χ2v) is 8.08. The molecule has 2 aliphatic heterocycles. The van der Waals surface area contributed by atoms with E-state index in [1.54, 1.807) is 0 Å². The van der Waals surface area contributed by atoms with E-state index in [1.807, 2.05) is 18.3 Å². The number of nitrogens with one attached hydrogen (secondary N) is 2. The van der Waals surface area contributed by atoms with Crippen LogP contribution in [0.3, 0.4) is 0 Å². The molecule has 0 radical (unpaired) electrons. The van der Waals surface area contributed by atoms with E-state index < -0.39 is 0 Å². The van der Waals surface area contributed by atoms with E-state index in [0.717, 1.165) is 43.1 Å². The van der Waals surface area contributed by atoms with E-state index >= 15 is 0 Å². The maximum absolute atomic E-state index is 12.4. The predicted octanol–water partition coefficient (Wildman–Crippen LogP) is 4.69. The van der Waals surface area contributed by atoms with E-state index in [0.29, 0.717) is 18.3 Å². The highest BCUT2D eigenvalue weighted by Crippen LogP contribution is 2.27. The SMILES string of the molecule is CC(CC(=O)Nc1ccc(-c2ncc3n2CCCC3)cc1)C1CCNCC1.Cl.Cl. The quantitative estimate of drug-likeness (QED) is 0.711. The molecule has 1 unspecified atom stereocenters. The Morgan fingerprint density at radius 3 is 2.66 bits per heavy atom. The Bertz CT molecular complexity index is 785. The van der Waals surface area contributed by atoms with Gasteiger partial charge in [-0.2, -0.15) is 0 Å². The zero-order valence-electron chi connectivity index (χ0n) is 17.0. The lowest BCUT2D eigenvalue weighted by molar-refractivity contribution is -0.117. The number of hydrogen-bond donors (Lipinski definition) is 2. The number of aryl methyl sites for hydroxylation is 1. The lowest BCUT2D eigenvalue weighted by Crippen LogP contribution is -2.32. The van der Waals surface area contributed by atoms with Crippen molar-refractivity contribution in [2.45, 2.75) is 52.0 Å². The molecule has 0 saturated carbocycles. The summed E-state index contributed by atoms with van der Waals surface area (Å²) < 4.78 is 2.33. The summed E-state index contributed by atoms with van der Waals surface area (Å²) in [5.41, 5.74) is 3.32. The second kappa shape index (κ2) is 11.0. The molecule has 2 aromatic rings. The summed E-state index contributed by atoms with van der Waals surface area (Å²) in [6.07, 6.45) is 8.56. The normalized spacial score (nSPS) is 17.4. The number of carbonyl (C=O) groups excluding carboxylic acids is 1. The number of fused-ring (bicyclic) bond motifs is 1. The molecule has 0 bridgehead atoms. The van der Waals surface area contributed by atoms with Crippen molar-refractivity contribution in [3.05, 3.63) is 36.2 Å². The molecule has 5 nitrogen and oxygen atoms in total. The maximum Gasteiger partial charge on any atom is 0.224 e. The van der Waals surface area contributed by atoms with Crippen LogP contribution in [0.5, 0.6) is 0 Å². The molecule has 3 heterocycles. The third-order valence-electron chi connectivity index (χ3n) is 6.13. The van der Waals surface area contributed by atoms with Crippen LogP contribution >= 0.6 is 24.8 Å². The number of benzene rings is 1. The van der Waals surface area contributed by atoms with Crippen molar-refractivity contribution in [1.29, 1.82) is 0 Å². The number of imidazole rings is 1. The highest BCUT2D eigenvalue weighted by atomic mass is 35.5. The monoisotopic (exact) mass is 438 g/mol. The number of piperidine rings is 1. The molecule has 29 heavy (non-hydrogen) atoms. The van der Waals surface area contributed by atoms with Gasteiger partial charge >= 0.3 is 0 Å². The van der Waals surface area contributed by atoms with Crippen LogP contribution < -0.4 is 10.6 Å². The number of rotatable bonds is 5. The Labute approximate surface area is 185 Å². The van der Waals surface area contributed by atoms with Crippen LogP contribution in [0.25, 0.3) is 11.4 Å². The minimum Gasteiger partial charge on any atom is -0.328 e. The van der Waals surface area contributed by atoms with Crippen LogP contribution in [-0.4, -0.2) is 28.5 Å². The molecule has 1 saturated heterocycles. The highest BCUT2D eigenvalue weighted by Gasteiger charge is 2.22. The number of aromatic nitrogens is 2. The van der Waals surface area contributed by atoms with Crippen molar-refractivity contribution in [3.63, 3.8) is 0 Å². The number of amides is 1. The summed E-state index contributed by atoms with van der Waals surface area (Å²) in [6.45, 7) is 5.42. The van der Waals surface area contributed by atoms with E-state index in [-0.39, 0.29) is 30.7 Å². The number of hydrogen-bond acceptors (Lipinski definition) is 3. The summed E-state index contributed by atoms with van der Waals surface area (Å²) >= 11 is 0. The van der Waals surface area contributed by atoms with Gasteiger partial charge in [-0.1, -0.05) is 6.92 Å². The summed E-state index contributed by atoms with van der Waals surface area (Å²) in [7, 11) is 0. The Hall–Kier alpha value is -1.56. The molecular weight excluding hydrogens is 407 g/mol. The molecule has 0 spiro atoms. The lowest BCUT2D eigenvalue weighted by Gasteiger charge is -2.27. The second-order valence-electron chi connectivity index (χ2n) is 8.08. The minimum atomic E-state index is 0. The van der Waals surface area contributed by atoms with Gasteiger partial charge in [0.25, 0.3) is 0 Å². The molecule has 4 rings (SSSR count). The van der Waals surface area contributed by atoms with Crippen molar-refractivity contribution in [2.75, 3.05) is 18.4 Å². The van der Waals surface area contributed by atoms with Crippen molar-refractivity contribution in [1.82, 2.24) is 14.9 Å². The highest BCUT2D eigenvalue weighted by molar-refractivity contribution is 5.91. The van der Waals surface area contributed by atoms with E-state index in [2.05, 4.69) is 39.2 Å². The lowest BCUT2D eigenvalue weighted by atomic mass is 9.84. The third kappa shape index (κ3) is 5.74. The molecule has 1 atom stereocenters. The van der Waals surface area contributed by atoms with Crippen LogP contribution in [0.15, 0.2) is 30.5 Å². The van der Waals surface area contributed by atoms with Gasteiger partial charge in [-0.3, -0.25) is 4.79 Å². The van der Waals surface area contributed by atoms with Crippen LogP contribution in [0.4, 0.5) is 5.69 Å². The molecule has 160 valence electrons. The van der Waals surface area contributed by atoms with Gasteiger partial charge in [0.15, 0.2) is 0 Å². The number of nitrogens with zero attached hydrogens (tertiary/aromatic N) is 2. The first-order valence-electron chi connectivity index (χ1n) is 10.4. The topological polar surface area (TPSA) is 59.0 Å². The molecule has 2 N–H and O–H groups in total. The van der Waals surface area contributed by atoms with Gasteiger partial charge in [-0.15, -0.1) is 24.8 Å². The minimum absolute atomic E-state index is 0. The van der Waals surface area contributed by atoms with Crippen LogP contribution in [-0.2, 0) is 17.8 Å². The van der Waals surface area contributed by atoms with E-state index in [1.165, 1.54) is 31.4 Å². The van der Waals surface area contributed by atoms with Gasteiger partial charge in [0.05, 0.1) is 0 Å². The fourth-order valence-electron chi connectivity index (χ4n) is 4.45. The van der Waals surface area contributed by atoms with Gasteiger partial charge in [-0.05, 0) is 81.3 Å². The summed E-state index contributed by atoms with van der Waals surface area (Å²) in [6, 6.07) is 8.12. The molecular formula is C22H32Cl2N4O. The van der Waals surface area contributed by atoms with Gasteiger partial charge in [-0.25, -0.2) is 4.98 Å². The smallest absolute Gasteiger partial charge is 0.224 e. The molecule has 2 aliphatic rings. The zero-order valence-corrected chi connectivity index (χ0v) is 18.7. The number of carbonyl (C=O) groups is 1. The summed E-state index contributed by atoms with van der Waals surface area (Å²) in [5, 5.41) is 6.46. The van der Waals surface area contributed by atoms with Crippen LogP contribution in [0, 0.1) is 11.8 Å².